The number of hydrogen-bond donors (Lipinski definition) is 1. The number of carbonyl (C=O) groups is 2. The number of thiophene rings is 1. The van der Waals surface area contributed by atoms with E-state index in [0.29, 0.717) is 12.1 Å². The van der Waals surface area contributed by atoms with Crippen LogP contribution in [0.3, 0.4) is 0 Å². The van der Waals surface area contributed by atoms with Crippen LogP contribution in [-0.4, -0.2) is 30.8 Å². The summed E-state index contributed by atoms with van der Waals surface area (Å²) in [4.78, 5) is 28.4. The van der Waals surface area contributed by atoms with Gasteiger partial charge in [0.1, 0.15) is 0 Å². The molecule has 0 saturated carbocycles. The van der Waals surface area contributed by atoms with Gasteiger partial charge >= 0.3 is 0 Å². The molecule has 1 heterocycles. The van der Waals surface area contributed by atoms with Gasteiger partial charge in [-0.1, -0.05) is 25.0 Å². The lowest BCUT2D eigenvalue weighted by molar-refractivity contribution is 0.0789. The van der Waals surface area contributed by atoms with Crippen LogP contribution < -0.4 is 5.32 Å². The summed E-state index contributed by atoms with van der Waals surface area (Å²) in [5.74, 6) is -0.0193. The van der Waals surface area contributed by atoms with E-state index < -0.39 is 0 Å². The molecule has 2 amide bonds. The van der Waals surface area contributed by atoms with Gasteiger partial charge in [-0.05, 0) is 55.0 Å². The molecule has 138 valence electrons. The molecule has 3 rings (SSSR count). The van der Waals surface area contributed by atoms with Crippen LogP contribution in [0.15, 0.2) is 30.3 Å². The van der Waals surface area contributed by atoms with Gasteiger partial charge in [0.15, 0.2) is 0 Å². The molecule has 0 fully saturated rings. The molecule has 26 heavy (non-hydrogen) atoms. The molecular weight excluding hydrogens is 344 g/mol. The molecule has 1 aliphatic rings. The minimum absolute atomic E-state index is 0.0807. The van der Waals surface area contributed by atoms with Crippen molar-refractivity contribution >= 4 is 23.2 Å². The van der Waals surface area contributed by atoms with Crippen molar-refractivity contribution in [2.45, 2.75) is 45.1 Å². The third kappa shape index (κ3) is 4.33. The van der Waals surface area contributed by atoms with Gasteiger partial charge in [0.25, 0.3) is 11.8 Å². The molecule has 0 radical (unpaired) electrons. The van der Waals surface area contributed by atoms with Crippen molar-refractivity contribution in [3.8, 4) is 0 Å². The highest BCUT2D eigenvalue weighted by molar-refractivity contribution is 7.14. The number of hydrogen-bond acceptors (Lipinski definition) is 3. The molecule has 5 heteroatoms. The predicted octanol–water partition coefficient (Wildman–Crippen LogP) is 4.04. The number of amides is 2. The van der Waals surface area contributed by atoms with Crippen molar-refractivity contribution in [1.29, 1.82) is 0 Å². The maximum absolute atomic E-state index is 12.8. The predicted molar refractivity (Wildman–Crippen MR) is 106 cm³/mol. The van der Waals surface area contributed by atoms with Crippen molar-refractivity contribution in [2.24, 2.45) is 0 Å². The lowest BCUT2D eigenvalue weighted by Crippen LogP contribution is -2.25. The Morgan fingerprint density at radius 3 is 2.46 bits per heavy atom. The van der Waals surface area contributed by atoms with Crippen LogP contribution in [0.25, 0.3) is 0 Å². The monoisotopic (exact) mass is 370 g/mol. The topological polar surface area (TPSA) is 49.4 Å². The first-order chi connectivity index (χ1) is 12.6. The normalized spacial score (nSPS) is 14.1. The highest BCUT2D eigenvalue weighted by Crippen LogP contribution is 2.29. The van der Waals surface area contributed by atoms with E-state index in [4.69, 9.17) is 0 Å². The van der Waals surface area contributed by atoms with Crippen molar-refractivity contribution in [3.63, 3.8) is 0 Å². The Kier molecular flexibility index (Phi) is 6.09. The molecule has 0 aliphatic heterocycles. The van der Waals surface area contributed by atoms with Gasteiger partial charge in [0.05, 0.1) is 4.88 Å². The summed E-state index contributed by atoms with van der Waals surface area (Å²) >= 11 is 1.67. The number of nitrogens with zero attached hydrogens (tertiary/aromatic N) is 1. The van der Waals surface area contributed by atoms with Crippen molar-refractivity contribution in [1.82, 2.24) is 10.2 Å². The minimum Gasteiger partial charge on any atom is -0.355 e. The lowest BCUT2D eigenvalue weighted by Gasteiger charge is -2.16. The fourth-order valence-electron chi connectivity index (χ4n) is 3.39. The lowest BCUT2D eigenvalue weighted by atomic mass is 10.00. The summed E-state index contributed by atoms with van der Waals surface area (Å²) in [5, 5.41) is 2.61. The summed E-state index contributed by atoms with van der Waals surface area (Å²) < 4.78 is 0. The summed E-state index contributed by atoms with van der Waals surface area (Å²) in [6.07, 6.45) is 7.26. The van der Waals surface area contributed by atoms with Crippen LogP contribution >= 0.6 is 11.3 Å². The van der Waals surface area contributed by atoms with Crippen LogP contribution in [0.4, 0.5) is 0 Å². The molecule has 0 spiro atoms. The van der Waals surface area contributed by atoms with Gasteiger partial charge in [-0.25, -0.2) is 0 Å². The molecular formula is C21H26N2O2S. The zero-order valence-electron chi connectivity index (χ0n) is 15.5. The van der Waals surface area contributed by atoms with E-state index >= 15 is 0 Å². The molecule has 2 aromatic rings. The number of nitrogens with one attached hydrogen (secondary N) is 1. The van der Waals surface area contributed by atoms with Gasteiger partial charge in [-0.3, -0.25) is 9.59 Å². The maximum Gasteiger partial charge on any atom is 0.263 e. The molecule has 1 aliphatic carbocycles. The zero-order chi connectivity index (χ0) is 18.5. The van der Waals surface area contributed by atoms with Crippen molar-refractivity contribution in [2.75, 3.05) is 14.1 Å². The largest absolute Gasteiger partial charge is 0.355 e. The van der Waals surface area contributed by atoms with E-state index in [1.54, 1.807) is 35.4 Å². The fourth-order valence-corrected chi connectivity index (χ4v) is 4.64. The number of aryl methyl sites for hydroxylation is 2. The average Bonchev–Trinajstić information content (AvgIpc) is 3.03. The molecule has 0 atom stereocenters. The molecule has 1 N–H and O–H groups in total. The Labute approximate surface area is 159 Å². The fraction of sp³-hybridized carbons (Fsp3) is 0.429. The van der Waals surface area contributed by atoms with Crippen molar-refractivity contribution in [3.05, 3.63) is 56.8 Å². The number of benzene rings is 1. The Balaban J connectivity index is 1.68. The first-order valence-corrected chi connectivity index (χ1v) is 10.1. The van der Waals surface area contributed by atoms with E-state index in [-0.39, 0.29) is 11.8 Å². The Morgan fingerprint density at radius 2 is 1.77 bits per heavy atom. The molecule has 0 bridgehead atoms. The van der Waals surface area contributed by atoms with Crippen molar-refractivity contribution < 1.29 is 9.59 Å². The summed E-state index contributed by atoms with van der Waals surface area (Å²) in [6, 6.07) is 9.51. The SMILES string of the molecule is CNC(=O)c1ccc(CN(C)C(=O)c2cc3c(s2)CCCCCC3)cc1. The average molecular weight is 371 g/mol. The van der Waals surface area contributed by atoms with E-state index in [9.17, 15) is 9.59 Å². The van der Waals surface area contributed by atoms with Gasteiger partial charge < -0.3 is 10.2 Å². The molecule has 1 aromatic heterocycles. The second-order valence-electron chi connectivity index (χ2n) is 6.91. The van der Waals surface area contributed by atoms with E-state index in [1.807, 2.05) is 19.2 Å². The van der Waals surface area contributed by atoms with E-state index in [1.165, 1.54) is 36.1 Å². The van der Waals surface area contributed by atoms with Gasteiger partial charge in [-0.15, -0.1) is 11.3 Å². The highest BCUT2D eigenvalue weighted by atomic mass is 32.1. The third-order valence-corrected chi connectivity index (χ3v) is 6.14. The second-order valence-corrected chi connectivity index (χ2v) is 8.05. The maximum atomic E-state index is 12.8. The molecule has 4 nitrogen and oxygen atoms in total. The van der Waals surface area contributed by atoms with Crippen LogP contribution in [0.1, 0.15) is 61.7 Å². The van der Waals surface area contributed by atoms with Gasteiger partial charge in [0.2, 0.25) is 0 Å². The van der Waals surface area contributed by atoms with Crippen LogP contribution in [-0.2, 0) is 19.4 Å². The molecule has 0 saturated heterocycles. The third-order valence-electron chi connectivity index (χ3n) is 4.92. The molecule has 1 aromatic carbocycles. The van der Waals surface area contributed by atoms with Gasteiger partial charge in [-0.2, -0.15) is 0 Å². The summed E-state index contributed by atoms with van der Waals surface area (Å²) in [6.45, 7) is 0.537. The first kappa shape index (κ1) is 18.6. The molecule has 0 unspecified atom stereocenters. The summed E-state index contributed by atoms with van der Waals surface area (Å²) in [7, 11) is 3.46. The van der Waals surface area contributed by atoms with Gasteiger partial charge in [0, 0.05) is 31.1 Å². The quantitative estimate of drug-likeness (QED) is 0.883. The number of carbonyl (C=O) groups excluding carboxylic acids is 2. The number of rotatable bonds is 4. The zero-order valence-corrected chi connectivity index (χ0v) is 16.3. The Hall–Kier alpha value is -2.14. The van der Waals surface area contributed by atoms with Crippen LogP contribution in [0, 0.1) is 0 Å². The van der Waals surface area contributed by atoms with E-state index in [2.05, 4.69) is 11.4 Å². The van der Waals surface area contributed by atoms with E-state index in [0.717, 1.165) is 23.3 Å². The highest BCUT2D eigenvalue weighted by Gasteiger charge is 2.19. The first-order valence-electron chi connectivity index (χ1n) is 9.26. The van der Waals surface area contributed by atoms with Crippen LogP contribution in [0.2, 0.25) is 0 Å². The summed E-state index contributed by atoms with van der Waals surface area (Å²) in [5.41, 5.74) is 3.02. The Morgan fingerprint density at radius 1 is 1.08 bits per heavy atom. The van der Waals surface area contributed by atoms with Crippen LogP contribution in [0.5, 0.6) is 0 Å². The smallest absolute Gasteiger partial charge is 0.263 e. The Bertz CT molecular complexity index is 754. The standard InChI is InChI=1S/C21H26N2O2S/c1-22-20(24)16-11-9-15(10-12-16)14-23(2)21(25)19-13-17-7-5-3-4-6-8-18(17)26-19/h9-13H,3-8,14H2,1-2H3,(H,22,24). The minimum atomic E-state index is -0.100. The number of fused-ring (bicyclic) bond motifs is 1. The second kappa shape index (κ2) is 8.49.